The first kappa shape index (κ1) is 7.96. The van der Waals surface area contributed by atoms with Gasteiger partial charge < -0.3 is 5.32 Å². The van der Waals surface area contributed by atoms with E-state index in [-0.39, 0.29) is 1.43 Å². The lowest BCUT2D eigenvalue weighted by molar-refractivity contribution is 0.633. The quantitative estimate of drug-likeness (QED) is 0.543. The third-order valence-corrected chi connectivity index (χ3v) is 1.13. The Kier molecular flexibility index (Phi) is 6.93. The maximum Gasteiger partial charge on any atom is 0 e. The normalized spacial score (nSPS) is 9.75. The van der Waals surface area contributed by atoms with Crippen LogP contribution in [0.3, 0.4) is 0 Å². The summed E-state index contributed by atoms with van der Waals surface area (Å²) >= 11 is 0. The van der Waals surface area contributed by atoms with Gasteiger partial charge in [-0.1, -0.05) is 20.3 Å². The third-order valence-electron chi connectivity index (χ3n) is 1.13. The molecule has 0 unspecified atom stereocenters. The molecule has 0 saturated heterocycles. The average molecular weight is 117 g/mol. The van der Waals surface area contributed by atoms with Gasteiger partial charge in [-0.2, -0.15) is 0 Å². The smallest absolute Gasteiger partial charge is 0 e. The van der Waals surface area contributed by atoms with Gasteiger partial charge in [0, 0.05) is 1.43 Å². The van der Waals surface area contributed by atoms with E-state index in [0.29, 0.717) is 0 Å². The van der Waals surface area contributed by atoms with Crippen molar-refractivity contribution in [2.75, 3.05) is 13.1 Å². The van der Waals surface area contributed by atoms with Crippen molar-refractivity contribution in [2.24, 2.45) is 0 Å². The summed E-state index contributed by atoms with van der Waals surface area (Å²) < 4.78 is 0. The fourth-order valence-electron chi connectivity index (χ4n) is 0.604. The Morgan fingerprint density at radius 1 is 1.12 bits per heavy atom. The largest absolute Gasteiger partial charge is 0.317 e. The van der Waals surface area contributed by atoms with Crippen molar-refractivity contribution in [1.29, 1.82) is 0 Å². The highest BCUT2D eigenvalue weighted by molar-refractivity contribution is 4.43. The monoisotopic (exact) mass is 117 g/mol. The molecule has 0 saturated carbocycles. The fourth-order valence-corrected chi connectivity index (χ4v) is 0.604. The van der Waals surface area contributed by atoms with E-state index in [0.717, 1.165) is 0 Å². The summed E-state index contributed by atoms with van der Waals surface area (Å²) in [7, 11) is 0. The third kappa shape index (κ3) is 5.96. The van der Waals surface area contributed by atoms with Crippen LogP contribution in [0.15, 0.2) is 0 Å². The van der Waals surface area contributed by atoms with E-state index in [9.17, 15) is 0 Å². The van der Waals surface area contributed by atoms with Crippen molar-refractivity contribution >= 4 is 0 Å². The van der Waals surface area contributed by atoms with Gasteiger partial charge in [0.05, 0.1) is 0 Å². The number of unbranched alkanes of at least 4 members (excludes halogenated alkanes) is 1. The topological polar surface area (TPSA) is 12.0 Å². The molecule has 8 heavy (non-hydrogen) atoms. The summed E-state index contributed by atoms with van der Waals surface area (Å²) in [5.74, 6) is 0. The number of nitrogens with one attached hydrogen (secondary N) is 1. The summed E-state index contributed by atoms with van der Waals surface area (Å²) in [6.07, 6.45) is 3.88. The molecule has 1 nitrogen and oxygen atoms in total. The standard InChI is InChI=1S/C7H17N.H2/c1-3-5-7-8-6-4-2;/h8H,3-7H2,1-2H3;1H. The molecule has 0 spiro atoms. The van der Waals surface area contributed by atoms with Crippen molar-refractivity contribution in [3.05, 3.63) is 0 Å². The predicted octanol–water partition coefficient (Wildman–Crippen LogP) is 2.03. The first-order chi connectivity index (χ1) is 3.91. The molecule has 0 fully saturated rings. The second-order valence-electron chi connectivity index (χ2n) is 2.10. The molecule has 0 heterocycles. The summed E-state index contributed by atoms with van der Waals surface area (Å²) in [4.78, 5) is 0. The molecule has 1 heteroatoms. The van der Waals surface area contributed by atoms with Crippen molar-refractivity contribution in [3.8, 4) is 0 Å². The maximum atomic E-state index is 3.34. The highest BCUT2D eigenvalue weighted by atomic mass is 14.8. The summed E-state index contributed by atoms with van der Waals surface area (Å²) in [6, 6.07) is 0. The predicted molar refractivity (Wildman–Crippen MR) is 40.2 cm³/mol. The molecule has 0 aliphatic heterocycles. The summed E-state index contributed by atoms with van der Waals surface area (Å²) in [5, 5.41) is 3.34. The Bertz CT molecular complexity index is 33.9. The van der Waals surface area contributed by atoms with E-state index in [2.05, 4.69) is 19.2 Å². The van der Waals surface area contributed by atoms with E-state index in [1.807, 2.05) is 0 Å². The Hall–Kier alpha value is -0.0400. The molecule has 0 aromatic rings. The van der Waals surface area contributed by atoms with Crippen LogP contribution in [0.25, 0.3) is 0 Å². The van der Waals surface area contributed by atoms with Crippen LogP contribution in [0.4, 0.5) is 0 Å². The van der Waals surface area contributed by atoms with E-state index >= 15 is 0 Å². The Morgan fingerprint density at radius 3 is 2.38 bits per heavy atom. The lowest BCUT2D eigenvalue weighted by Crippen LogP contribution is -2.15. The van der Waals surface area contributed by atoms with Crippen LogP contribution in [-0.2, 0) is 0 Å². The molecule has 0 atom stereocenters. The average Bonchev–Trinajstić information content (AvgIpc) is 1.81. The van der Waals surface area contributed by atoms with E-state index < -0.39 is 0 Å². The van der Waals surface area contributed by atoms with Crippen LogP contribution in [0.2, 0.25) is 0 Å². The summed E-state index contributed by atoms with van der Waals surface area (Å²) in [6.45, 7) is 6.79. The second-order valence-corrected chi connectivity index (χ2v) is 2.10. The zero-order valence-corrected chi connectivity index (χ0v) is 6.04. The molecule has 0 amide bonds. The molecule has 1 N–H and O–H groups in total. The number of hydrogen-bond acceptors (Lipinski definition) is 1. The molecular weight excluding hydrogens is 98.1 g/mol. The molecule has 0 rings (SSSR count). The first-order valence-corrected chi connectivity index (χ1v) is 3.62. The fraction of sp³-hybridized carbons (Fsp3) is 1.00. The minimum atomic E-state index is 0. The molecule has 0 radical (unpaired) electrons. The maximum absolute atomic E-state index is 3.34. The zero-order chi connectivity index (χ0) is 6.24. The van der Waals surface area contributed by atoms with E-state index in [1.165, 1.54) is 32.4 Å². The number of hydrogen-bond donors (Lipinski definition) is 1. The second kappa shape index (κ2) is 6.96. The molecule has 0 aliphatic rings. The van der Waals surface area contributed by atoms with Crippen molar-refractivity contribution in [1.82, 2.24) is 5.32 Å². The SMILES string of the molecule is CCCCNCCC.[HH]. The lowest BCUT2D eigenvalue weighted by Gasteiger charge is -1.98. The molecule has 0 aliphatic carbocycles. The highest BCUT2D eigenvalue weighted by Crippen LogP contribution is 1.81. The number of rotatable bonds is 5. The van der Waals surface area contributed by atoms with Crippen molar-refractivity contribution < 1.29 is 1.43 Å². The van der Waals surface area contributed by atoms with Gasteiger partial charge in [0.2, 0.25) is 0 Å². The van der Waals surface area contributed by atoms with Crippen LogP contribution >= 0.6 is 0 Å². The van der Waals surface area contributed by atoms with Gasteiger partial charge in [0.15, 0.2) is 0 Å². The van der Waals surface area contributed by atoms with Gasteiger partial charge in [-0.05, 0) is 25.9 Å². The molecular formula is C7H19N. The van der Waals surface area contributed by atoms with Gasteiger partial charge in [-0.15, -0.1) is 0 Å². The van der Waals surface area contributed by atoms with Gasteiger partial charge in [-0.25, -0.2) is 0 Å². The Balaban J connectivity index is 0. The zero-order valence-electron chi connectivity index (χ0n) is 6.04. The van der Waals surface area contributed by atoms with Crippen molar-refractivity contribution in [2.45, 2.75) is 33.1 Å². The minimum Gasteiger partial charge on any atom is -0.317 e. The molecule has 0 aromatic carbocycles. The van der Waals surface area contributed by atoms with Gasteiger partial charge in [-0.3, -0.25) is 0 Å². The van der Waals surface area contributed by atoms with Crippen LogP contribution in [-0.4, -0.2) is 13.1 Å². The van der Waals surface area contributed by atoms with Crippen LogP contribution in [0, 0.1) is 0 Å². The van der Waals surface area contributed by atoms with Gasteiger partial charge in [0.25, 0.3) is 0 Å². The first-order valence-electron chi connectivity index (χ1n) is 3.62. The highest BCUT2D eigenvalue weighted by Gasteiger charge is 1.80. The van der Waals surface area contributed by atoms with E-state index in [1.54, 1.807) is 0 Å². The molecule has 0 bridgehead atoms. The van der Waals surface area contributed by atoms with Crippen LogP contribution in [0.1, 0.15) is 34.5 Å². The summed E-state index contributed by atoms with van der Waals surface area (Å²) in [5.41, 5.74) is 0. The van der Waals surface area contributed by atoms with Crippen LogP contribution in [0.5, 0.6) is 0 Å². The lowest BCUT2D eigenvalue weighted by atomic mass is 10.3. The van der Waals surface area contributed by atoms with Gasteiger partial charge >= 0.3 is 0 Å². The van der Waals surface area contributed by atoms with Gasteiger partial charge in [0.1, 0.15) is 0 Å². The molecule has 52 valence electrons. The van der Waals surface area contributed by atoms with Crippen molar-refractivity contribution in [3.63, 3.8) is 0 Å². The van der Waals surface area contributed by atoms with E-state index in [4.69, 9.17) is 0 Å². The van der Waals surface area contributed by atoms with Crippen LogP contribution < -0.4 is 5.32 Å². The Morgan fingerprint density at radius 2 is 1.88 bits per heavy atom. The molecule has 0 aromatic heterocycles. The Labute approximate surface area is 54.0 Å². The minimum absolute atomic E-state index is 0.